The molecule has 180 valence electrons. The molecule has 2 amide bonds. The molecule has 1 aromatic heterocycles. The first kappa shape index (κ1) is 21.8. The number of rotatable bonds is 5. The van der Waals surface area contributed by atoms with Crippen molar-refractivity contribution in [2.75, 3.05) is 31.5 Å². The third-order valence-electron chi connectivity index (χ3n) is 8.63. The summed E-state index contributed by atoms with van der Waals surface area (Å²) in [4.78, 5) is 30.5. The van der Waals surface area contributed by atoms with Gasteiger partial charge in [0, 0.05) is 50.0 Å². The highest BCUT2D eigenvalue weighted by Crippen LogP contribution is 2.60. The highest BCUT2D eigenvalue weighted by Gasteiger charge is 2.54. The van der Waals surface area contributed by atoms with Gasteiger partial charge in [0.2, 0.25) is 5.91 Å². The number of piperazine rings is 1. The third kappa shape index (κ3) is 4.15. The summed E-state index contributed by atoms with van der Waals surface area (Å²) in [6.45, 7) is 5.67. The Morgan fingerprint density at radius 2 is 1.62 bits per heavy atom. The maximum Gasteiger partial charge on any atom is 0.253 e. The van der Waals surface area contributed by atoms with E-state index in [1.807, 2.05) is 42.2 Å². The Balaban J connectivity index is 1.03. The predicted octanol–water partition coefficient (Wildman–Crippen LogP) is 4.10. The van der Waals surface area contributed by atoms with Gasteiger partial charge in [0.05, 0.1) is 11.1 Å². The minimum atomic E-state index is -0.159. The van der Waals surface area contributed by atoms with Crippen LogP contribution in [0.3, 0.4) is 0 Å². The summed E-state index contributed by atoms with van der Waals surface area (Å²) in [5.41, 5.74) is 2.25. The fourth-order valence-electron chi connectivity index (χ4n) is 7.36. The molecular weight excluding hydrogens is 428 g/mol. The van der Waals surface area contributed by atoms with Gasteiger partial charge in [0.1, 0.15) is 5.76 Å². The van der Waals surface area contributed by atoms with Crippen molar-refractivity contribution in [1.29, 1.82) is 0 Å². The smallest absolute Gasteiger partial charge is 0.253 e. The Hall–Kier alpha value is -2.67. The largest absolute Gasteiger partial charge is 0.361 e. The number of amides is 2. The molecular formula is C27H34N4O3. The Kier molecular flexibility index (Phi) is 5.47. The molecule has 7 heteroatoms. The number of nitrogens with one attached hydrogen (secondary N) is 1. The molecule has 7 nitrogen and oxygen atoms in total. The summed E-state index contributed by atoms with van der Waals surface area (Å²) in [6.07, 6.45) is 7.17. The second-order valence-electron chi connectivity index (χ2n) is 11.2. The van der Waals surface area contributed by atoms with Crippen LogP contribution >= 0.6 is 0 Å². The Bertz CT molecular complexity index is 1030. The molecule has 1 aromatic carbocycles. The molecule has 0 atom stereocenters. The quantitative estimate of drug-likeness (QED) is 0.724. The topological polar surface area (TPSA) is 78.7 Å². The van der Waals surface area contributed by atoms with E-state index < -0.39 is 0 Å². The van der Waals surface area contributed by atoms with Gasteiger partial charge in [-0.3, -0.25) is 14.5 Å². The maximum atomic E-state index is 13.3. The van der Waals surface area contributed by atoms with E-state index in [0.29, 0.717) is 18.7 Å². The zero-order valence-corrected chi connectivity index (χ0v) is 20.0. The molecule has 5 aliphatic rings. The third-order valence-corrected chi connectivity index (χ3v) is 8.63. The van der Waals surface area contributed by atoms with E-state index in [1.54, 1.807) is 0 Å². The fourth-order valence-corrected chi connectivity index (χ4v) is 7.36. The molecule has 7 rings (SSSR count). The Morgan fingerprint density at radius 1 is 1.00 bits per heavy atom. The number of nitrogens with zero attached hydrogens (tertiary/aromatic N) is 3. The molecule has 1 saturated heterocycles. The molecule has 34 heavy (non-hydrogen) atoms. The average molecular weight is 463 g/mol. The van der Waals surface area contributed by atoms with Crippen molar-refractivity contribution in [2.45, 2.75) is 52.0 Å². The second-order valence-corrected chi connectivity index (χ2v) is 11.2. The van der Waals surface area contributed by atoms with Crippen LogP contribution in [0.25, 0.3) is 0 Å². The first-order chi connectivity index (χ1) is 16.5. The van der Waals surface area contributed by atoms with Crippen molar-refractivity contribution in [1.82, 2.24) is 15.0 Å². The number of aryl methyl sites for hydroxylation is 1. The van der Waals surface area contributed by atoms with Crippen LogP contribution in [0, 0.1) is 30.1 Å². The number of benzene rings is 1. The summed E-state index contributed by atoms with van der Waals surface area (Å²) in [6, 6.07) is 9.43. The zero-order valence-electron chi connectivity index (χ0n) is 20.0. The fraction of sp³-hybridized carbons (Fsp3) is 0.593. The van der Waals surface area contributed by atoms with Gasteiger partial charge in [0.25, 0.3) is 5.91 Å². The molecule has 2 aromatic rings. The zero-order chi connectivity index (χ0) is 23.3. The van der Waals surface area contributed by atoms with E-state index in [-0.39, 0.29) is 17.2 Å². The van der Waals surface area contributed by atoms with Crippen molar-refractivity contribution < 1.29 is 14.1 Å². The van der Waals surface area contributed by atoms with Gasteiger partial charge in [-0.2, -0.15) is 0 Å². The number of carbonyl (C=O) groups excluding carboxylic acids is 2. The van der Waals surface area contributed by atoms with Gasteiger partial charge >= 0.3 is 0 Å². The minimum absolute atomic E-state index is 0.0518. The van der Waals surface area contributed by atoms with Gasteiger partial charge in [-0.1, -0.05) is 5.16 Å². The van der Waals surface area contributed by atoms with Crippen LogP contribution < -0.4 is 5.32 Å². The van der Waals surface area contributed by atoms with Crippen LogP contribution in [0.2, 0.25) is 0 Å². The van der Waals surface area contributed by atoms with Crippen LogP contribution in [0.5, 0.6) is 0 Å². The SMILES string of the molecule is Cc1cc(CN2CCN(C(=O)c3ccc(NC(=O)C45CC6CC(CC(C6)C4)C5)cc3)CC2)no1. The van der Waals surface area contributed by atoms with Crippen LogP contribution in [-0.2, 0) is 11.3 Å². The molecule has 2 heterocycles. The van der Waals surface area contributed by atoms with E-state index in [0.717, 1.165) is 73.8 Å². The normalized spacial score (nSPS) is 30.5. The summed E-state index contributed by atoms with van der Waals surface area (Å²) >= 11 is 0. The molecule has 0 spiro atoms. The summed E-state index contributed by atoms with van der Waals surface area (Å²) in [5, 5.41) is 7.26. The lowest BCUT2D eigenvalue weighted by atomic mass is 9.49. The first-order valence-corrected chi connectivity index (χ1v) is 12.8. The van der Waals surface area contributed by atoms with Crippen molar-refractivity contribution >= 4 is 17.5 Å². The standard InChI is InChI=1S/C27H34N4O3/c1-18-10-24(29-34-18)17-30-6-8-31(9-7-30)25(32)22-2-4-23(5-3-22)28-26(33)27-14-19-11-20(15-27)13-21(12-19)16-27/h2-5,10,19-21H,6-9,11-17H2,1H3,(H,28,33). The van der Waals surface area contributed by atoms with E-state index in [4.69, 9.17) is 4.52 Å². The minimum Gasteiger partial charge on any atom is -0.361 e. The highest BCUT2D eigenvalue weighted by atomic mass is 16.5. The molecule has 1 aliphatic heterocycles. The summed E-state index contributed by atoms with van der Waals surface area (Å²) < 4.78 is 5.15. The number of carbonyl (C=O) groups is 2. The maximum absolute atomic E-state index is 13.3. The van der Waals surface area contributed by atoms with E-state index in [9.17, 15) is 9.59 Å². The van der Waals surface area contributed by atoms with Gasteiger partial charge < -0.3 is 14.7 Å². The lowest BCUT2D eigenvalue weighted by molar-refractivity contribution is -0.140. The molecule has 1 N–H and O–H groups in total. The van der Waals surface area contributed by atoms with Gasteiger partial charge in [0.15, 0.2) is 0 Å². The number of hydrogen-bond acceptors (Lipinski definition) is 5. The van der Waals surface area contributed by atoms with Crippen LogP contribution in [0.15, 0.2) is 34.9 Å². The summed E-state index contributed by atoms with van der Waals surface area (Å²) in [5.74, 6) is 3.31. The van der Waals surface area contributed by atoms with Crippen molar-refractivity contribution in [2.24, 2.45) is 23.2 Å². The number of hydrogen-bond donors (Lipinski definition) is 1. The van der Waals surface area contributed by atoms with E-state index in [2.05, 4.69) is 15.4 Å². The Labute approximate surface area is 200 Å². The van der Waals surface area contributed by atoms with Crippen molar-refractivity contribution in [3.63, 3.8) is 0 Å². The predicted molar refractivity (Wildman–Crippen MR) is 128 cm³/mol. The second kappa shape index (κ2) is 8.52. The monoisotopic (exact) mass is 462 g/mol. The number of aromatic nitrogens is 1. The van der Waals surface area contributed by atoms with E-state index >= 15 is 0 Å². The molecule has 4 saturated carbocycles. The number of anilines is 1. The van der Waals surface area contributed by atoms with Gasteiger partial charge in [-0.15, -0.1) is 0 Å². The van der Waals surface area contributed by atoms with Gasteiger partial charge in [-0.25, -0.2) is 0 Å². The Morgan fingerprint density at radius 3 is 2.18 bits per heavy atom. The lowest BCUT2D eigenvalue weighted by Crippen LogP contribution is -2.51. The molecule has 0 radical (unpaired) electrons. The summed E-state index contributed by atoms with van der Waals surface area (Å²) in [7, 11) is 0. The first-order valence-electron chi connectivity index (χ1n) is 12.8. The van der Waals surface area contributed by atoms with Crippen LogP contribution in [-0.4, -0.2) is 52.9 Å². The van der Waals surface area contributed by atoms with Crippen LogP contribution in [0.4, 0.5) is 5.69 Å². The molecule has 4 aliphatic carbocycles. The molecule has 0 unspecified atom stereocenters. The lowest BCUT2D eigenvalue weighted by Gasteiger charge is -2.55. The highest BCUT2D eigenvalue weighted by molar-refractivity contribution is 5.97. The average Bonchev–Trinajstić information content (AvgIpc) is 3.23. The molecule has 5 fully saturated rings. The van der Waals surface area contributed by atoms with Crippen molar-refractivity contribution in [3.8, 4) is 0 Å². The van der Waals surface area contributed by atoms with E-state index in [1.165, 1.54) is 19.3 Å². The molecule has 4 bridgehead atoms. The van der Waals surface area contributed by atoms with Crippen LogP contribution in [0.1, 0.15) is 60.3 Å². The van der Waals surface area contributed by atoms with Gasteiger partial charge in [-0.05, 0) is 87.5 Å². The van der Waals surface area contributed by atoms with Crippen molar-refractivity contribution in [3.05, 3.63) is 47.3 Å².